The SMILES string of the molecule is COc1cccc2oc3cc(C)ccc3c(=O)c12. The zero-order valence-electron chi connectivity index (χ0n) is 10.2. The van der Waals surface area contributed by atoms with E-state index < -0.39 is 0 Å². The van der Waals surface area contributed by atoms with Crippen molar-refractivity contribution < 1.29 is 9.15 Å². The van der Waals surface area contributed by atoms with Gasteiger partial charge in [-0.05, 0) is 36.8 Å². The molecule has 0 aliphatic carbocycles. The predicted octanol–water partition coefficient (Wildman–Crippen LogP) is 3.26. The molecule has 1 heterocycles. The molecule has 0 atom stereocenters. The molecule has 0 N–H and O–H groups in total. The summed E-state index contributed by atoms with van der Waals surface area (Å²) in [7, 11) is 1.55. The van der Waals surface area contributed by atoms with Crippen LogP contribution in [0.25, 0.3) is 21.9 Å². The lowest BCUT2D eigenvalue weighted by Gasteiger charge is -2.06. The summed E-state index contributed by atoms with van der Waals surface area (Å²) in [4.78, 5) is 12.4. The highest BCUT2D eigenvalue weighted by Crippen LogP contribution is 2.26. The van der Waals surface area contributed by atoms with E-state index in [4.69, 9.17) is 9.15 Å². The van der Waals surface area contributed by atoms with Crippen LogP contribution in [0.5, 0.6) is 5.75 Å². The van der Waals surface area contributed by atoms with Crippen molar-refractivity contribution in [1.29, 1.82) is 0 Å². The Labute approximate surface area is 104 Å². The van der Waals surface area contributed by atoms with E-state index in [1.165, 1.54) is 0 Å². The van der Waals surface area contributed by atoms with Crippen LogP contribution in [-0.4, -0.2) is 7.11 Å². The second-order valence-corrected chi connectivity index (χ2v) is 4.26. The van der Waals surface area contributed by atoms with E-state index in [2.05, 4.69) is 0 Å². The first-order valence-electron chi connectivity index (χ1n) is 5.71. The molecule has 0 saturated heterocycles. The fraction of sp³-hybridized carbons (Fsp3) is 0.133. The van der Waals surface area contributed by atoms with Crippen molar-refractivity contribution in [3.63, 3.8) is 0 Å². The van der Waals surface area contributed by atoms with Gasteiger partial charge < -0.3 is 9.15 Å². The van der Waals surface area contributed by atoms with Crippen molar-refractivity contribution in [3.8, 4) is 5.75 Å². The zero-order chi connectivity index (χ0) is 12.7. The Hall–Kier alpha value is -2.29. The van der Waals surface area contributed by atoms with Gasteiger partial charge in [0, 0.05) is 0 Å². The Morgan fingerprint density at radius 3 is 2.72 bits per heavy atom. The molecule has 3 nitrogen and oxygen atoms in total. The molecule has 3 aromatic rings. The zero-order valence-corrected chi connectivity index (χ0v) is 10.2. The van der Waals surface area contributed by atoms with Crippen molar-refractivity contribution in [2.24, 2.45) is 0 Å². The minimum absolute atomic E-state index is 0.0521. The van der Waals surface area contributed by atoms with Crippen LogP contribution in [0.2, 0.25) is 0 Å². The summed E-state index contributed by atoms with van der Waals surface area (Å²) in [6.45, 7) is 1.97. The normalized spacial score (nSPS) is 11.0. The van der Waals surface area contributed by atoms with Crippen molar-refractivity contribution in [2.75, 3.05) is 7.11 Å². The monoisotopic (exact) mass is 240 g/mol. The second kappa shape index (κ2) is 3.88. The fourth-order valence-electron chi connectivity index (χ4n) is 2.14. The van der Waals surface area contributed by atoms with E-state index in [0.29, 0.717) is 27.7 Å². The molecule has 0 amide bonds. The summed E-state index contributed by atoms with van der Waals surface area (Å²) in [5, 5.41) is 1.08. The molecule has 0 saturated carbocycles. The molecule has 0 radical (unpaired) electrons. The molecule has 0 spiro atoms. The van der Waals surface area contributed by atoms with Gasteiger partial charge in [-0.1, -0.05) is 12.1 Å². The quantitative estimate of drug-likeness (QED) is 0.613. The maximum Gasteiger partial charge on any atom is 0.204 e. The molecule has 0 unspecified atom stereocenters. The largest absolute Gasteiger partial charge is 0.496 e. The molecule has 3 rings (SSSR count). The number of rotatable bonds is 1. The number of methoxy groups -OCH3 is 1. The van der Waals surface area contributed by atoms with Gasteiger partial charge in [0.25, 0.3) is 0 Å². The second-order valence-electron chi connectivity index (χ2n) is 4.26. The van der Waals surface area contributed by atoms with E-state index in [-0.39, 0.29) is 5.43 Å². The average molecular weight is 240 g/mol. The Bertz CT molecular complexity index is 800. The maximum absolute atomic E-state index is 12.4. The Kier molecular flexibility index (Phi) is 2.33. The highest BCUT2D eigenvalue weighted by molar-refractivity contribution is 5.93. The number of aryl methyl sites for hydroxylation is 1. The van der Waals surface area contributed by atoms with Gasteiger partial charge in [-0.2, -0.15) is 0 Å². The number of hydrogen-bond acceptors (Lipinski definition) is 3. The Morgan fingerprint density at radius 2 is 1.94 bits per heavy atom. The number of hydrogen-bond donors (Lipinski definition) is 0. The third-order valence-electron chi connectivity index (χ3n) is 3.04. The number of fused-ring (bicyclic) bond motifs is 2. The van der Waals surface area contributed by atoms with Crippen molar-refractivity contribution in [2.45, 2.75) is 6.92 Å². The lowest BCUT2D eigenvalue weighted by atomic mass is 10.1. The van der Waals surface area contributed by atoms with Crippen molar-refractivity contribution >= 4 is 21.9 Å². The van der Waals surface area contributed by atoms with Crippen molar-refractivity contribution in [3.05, 3.63) is 52.2 Å². The summed E-state index contributed by atoms with van der Waals surface area (Å²) < 4.78 is 11.0. The number of ether oxygens (including phenoxy) is 1. The van der Waals surface area contributed by atoms with Crippen LogP contribution >= 0.6 is 0 Å². The molecule has 1 aromatic heterocycles. The van der Waals surface area contributed by atoms with Gasteiger partial charge in [-0.15, -0.1) is 0 Å². The summed E-state index contributed by atoms with van der Waals surface area (Å²) >= 11 is 0. The van der Waals surface area contributed by atoms with Crippen LogP contribution in [0.4, 0.5) is 0 Å². The van der Waals surface area contributed by atoms with E-state index in [1.807, 2.05) is 25.1 Å². The molecular formula is C15H12O3. The predicted molar refractivity (Wildman–Crippen MR) is 71.3 cm³/mol. The van der Waals surface area contributed by atoms with E-state index >= 15 is 0 Å². The molecule has 3 heteroatoms. The Morgan fingerprint density at radius 1 is 1.11 bits per heavy atom. The van der Waals surface area contributed by atoms with Crippen molar-refractivity contribution in [1.82, 2.24) is 0 Å². The van der Waals surface area contributed by atoms with Crippen LogP contribution in [0.1, 0.15) is 5.56 Å². The fourth-order valence-corrected chi connectivity index (χ4v) is 2.14. The smallest absolute Gasteiger partial charge is 0.204 e. The molecule has 0 aliphatic rings. The van der Waals surface area contributed by atoms with E-state index in [9.17, 15) is 4.79 Å². The molecule has 0 bridgehead atoms. The Balaban J connectivity index is 2.57. The third-order valence-corrected chi connectivity index (χ3v) is 3.04. The topological polar surface area (TPSA) is 39.4 Å². The first-order chi connectivity index (χ1) is 8.70. The molecule has 0 fully saturated rings. The van der Waals surface area contributed by atoms with Crippen LogP contribution in [0.3, 0.4) is 0 Å². The lowest BCUT2D eigenvalue weighted by Crippen LogP contribution is -2.04. The van der Waals surface area contributed by atoms with Gasteiger partial charge in [0.15, 0.2) is 0 Å². The summed E-state index contributed by atoms with van der Waals surface area (Å²) in [5.41, 5.74) is 2.18. The van der Waals surface area contributed by atoms with Crippen LogP contribution in [0, 0.1) is 6.92 Å². The highest BCUT2D eigenvalue weighted by Gasteiger charge is 2.11. The first kappa shape index (κ1) is 10.8. The maximum atomic E-state index is 12.4. The molecular weight excluding hydrogens is 228 g/mol. The summed E-state index contributed by atoms with van der Waals surface area (Å²) in [6.07, 6.45) is 0. The lowest BCUT2D eigenvalue weighted by molar-refractivity contribution is 0.419. The van der Waals surface area contributed by atoms with Gasteiger partial charge in [0.1, 0.15) is 22.3 Å². The summed E-state index contributed by atoms with van der Waals surface area (Å²) in [5.74, 6) is 0.545. The molecule has 2 aromatic carbocycles. The first-order valence-corrected chi connectivity index (χ1v) is 5.71. The van der Waals surface area contributed by atoms with Gasteiger partial charge in [0.05, 0.1) is 12.5 Å². The van der Waals surface area contributed by atoms with Crippen LogP contribution < -0.4 is 10.2 Å². The van der Waals surface area contributed by atoms with Crippen LogP contribution in [0.15, 0.2) is 45.6 Å². The third kappa shape index (κ3) is 1.48. The molecule has 18 heavy (non-hydrogen) atoms. The van der Waals surface area contributed by atoms with E-state index in [1.54, 1.807) is 25.3 Å². The van der Waals surface area contributed by atoms with Gasteiger partial charge in [0.2, 0.25) is 5.43 Å². The minimum Gasteiger partial charge on any atom is -0.496 e. The number of benzene rings is 2. The van der Waals surface area contributed by atoms with Gasteiger partial charge in [-0.3, -0.25) is 4.79 Å². The molecule has 0 aliphatic heterocycles. The highest BCUT2D eigenvalue weighted by atomic mass is 16.5. The van der Waals surface area contributed by atoms with Crippen LogP contribution in [-0.2, 0) is 0 Å². The minimum atomic E-state index is -0.0521. The average Bonchev–Trinajstić information content (AvgIpc) is 2.37. The summed E-state index contributed by atoms with van der Waals surface area (Å²) in [6, 6.07) is 10.9. The van der Waals surface area contributed by atoms with Gasteiger partial charge in [-0.25, -0.2) is 0 Å². The standard InChI is InChI=1S/C15H12O3/c1-9-6-7-10-13(8-9)18-12-5-3-4-11(17-2)14(12)15(10)16/h3-8H,1-2H3. The molecule has 90 valence electrons. The van der Waals surface area contributed by atoms with E-state index in [0.717, 1.165) is 5.56 Å². The van der Waals surface area contributed by atoms with Gasteiger partial charge >= 0.3 is 0 Å².